The molecule has 200 valence electrons. The van der Waals surface area contributed by atoms with Crippen LogP contribution in [0.3, 0.4) is 0 Å². The summed E-state index contributed by atoms with van der Waals surface area (Å²) in [6.07, 6.45) is 8.49. The summed E-state index contributed by atoms with van der Waals surface area (Å²) in [6, 6.07) is 16.2. The Morgan fingerprint density at radius 2 is 1.89 bits per heavy atom. The summed E-state index contributed by atoms with van der Waals surface area (Å²) in [5.74, 6) is 0.562. The van der Waals surface area contributed by atoms with Crippen molar-refractivity contribution >= 4 is 28.9 Å². The number of amides is 1. The van der Waals surface area contributed by atoms with Crippen LogP contribution in [0.1, 0.15) is 79.3 Å². The maximum Gasteiger partial charge on any atom is 0.226 e. The summed E-state index contributed by atoms with van der Waals surface area (Å²) in [5.41, 5.74) is 5.44. The molecule has 2 aliphatic rings. The molecule has 0 radical (unpaired) electrons. The van der Waals surface area contributed by atoms with E-state index in [2.05, 4.69) is 45.0 Å². The minimum atomic E-state index is -0.0960. The Bertz CT molecular complexity index is 1290. The number of aromatic nitrogens is 2. The minimum Gasteiger partial charge on any atom is -0.495 e. The molecular formula is C30H37N5O2S. The molecule has 1 saturated heterocycles. The molecule has 2 N–H and O–H groups in total. The standard InChI is InChI=1S/C30H37N5O2S/c1-20-19-23(21(2)35(20)22-11-5-4-6-12-22)29-28(25-14-9-10-17-31-25)33-30(38)34(29)18-16-27(36)32-24-13-7-8-15-26(24)37-3/h7-10,13-15,17,19,22,28-29H,4-6,11-12,16,18H2,1-3H3,(H,32,36)(H,33,38)/t28-,29+/m0/s1. The van der Waals surface area contributed by atoms with Crippen LogP contribution in [-0.4, -0.2) is 39.1 Å². The minimum absolute atomic E-state index is 0.0556. The van der Waals surface area contributed by atoms with Crippen LogP contribution in [0.15, 0.2) is 54.7 Å². The zero-order chi connectivity index (χ0) is 26.6. The molecule has 2 atom stereocenters. The van der Waals surface area contributed by atoms with E-state index >= 15 is 0 Å². The first-order valence-electron chi connectivity index (χ1n) is 13.6. The largest absolute Gasteiger partial charge is 0.495 e. The summed E-state index contributed by atoms with van der Waals surface area (Å²) in [7, 11) is 1.60. The second kappa shape index (κ2) is 11.6. The molecule has 38 heavy (non-hydrogen) atoms. The number of carbonyl (C=O) groups is 1. The van der Waals surface area contributed by atoms with Crippen molar-refractivity contribution in [3.63, 3.8) is 0 Å². The van der Waals surface area contributed by atoms with Crippen molar-refractivity contribution in [1.29, 1.82) is 0 Å². The van der Waals surface area contributed by atoms with E-state index in [1.807, 2.05) is 48.7 Å². The molecule has 3 aromatic rings. The molecule has 7 nitrogen and oxygen atoms in total. The molecule has 1 aliphatic carbocycles. The number of para-hydroxylation sites is 2. The highest BCUT2D eigenvalue weighted by Gasteiger charge is 2.41. The molecule has 1 aromatic carbocycles. The van der Waals surface area contributed by atoms with Gasteiger partial charge in [-0.05, 0) is 74.8 Å². The highest BCUT2D eigenvalue weighted by atomic mass is 32.1. The Kier molecular flexibility index (Phi) is 7.98. The zero-order valence-electron chi connectivity index (χ0n) is 22.4. The van der Waals surface area contributed by atoms with Crippen molar-refractivity contribution in [3.05, 3.63) is 77.4 Å². The fourth-order valence-corrected chi connectivity index (χ4v) is 6.50. The summed E-state index contributed by atoms with van der Waals surface area (Å²) >= 11 is 5.85. The molecule has 0 unspecified atom stereocenters. The van der Waals surface area contributed by atoms with Gasteiger partial charge in [0.25, 0.3) is 0 Å². The first kappa shape index (κ1) is 26.2. The number of methoxy groups -OCH3 is 1. The van der Waals surface area contributed by atoms with Gasteiger partial charge in [0, 0.05) is 36.6 Å². The summed E-state index contributed by atoms with van der Waals surface area (Å²) < 4.78 is 7.93. The van der Waals surface area contributed by atoms with Gasteiger partial charge in [0.1, 0.15) is 5.75 Å². The summed E-state index contributed by atoms with van der Waals surface area (Å²) in [4.78, 5) is 19.8. The van der Waals surface area contributed by atoms with Crippen LogP contribution in [0, 0.1) is 13.8 Å². The Labute approximate surface area is 230 Å². The fraction of sp³-hybridized carbons (Fsp3) is 0.433. The van der Waals surface area contributed by atoms with Gasteiger partial charge in [-0.2, -0.15) is 0 Å². The number of nitrogens with zero attached hydrogens (tertiary/aromatic N) is 3. The lowest BCUT2D eigenvalue weighted by Gasteiger charge is -2.29. The maximum atomic E-state index is 13.0. The number of pyridine rings is 1. The SMILES string of the molecule is COc1ccccc1NC(=O)CCN1C(=S)N[C@@H](c2ccccn2)[C@H]1c1cc(C)n(C2CCCCC2)c1C. The van der Waals surface area contributed by atoms with E-state index < -0.39 is 0 Å². The van der Waals surface area contributed by atoms with Crippen molar-refractivity contribution in [1.82, 2.24) is 19.8 Å². The maximum absolute atomic E-state index is 13.0. The average Bonchev–Trinajstić information content (AvgIpc) is 3.42. The summed E-state index contributed by atoms with van der Waals surface area (Å²) in [6.45, 7) is 4.95. The Balaban J connectivity index is 1.42. The predicted molar refractivity (Wildman–Crippen MR) is 154 cm³/mol. The van der Waals surface area contributed by atoms with Crippen molar-refractivity contribution in [3.8, 4) is 5.75 Å². The highest BCUT2D eigenvalue weighted by molar-refractivity contribution is 7.80. The van der Waals surface area contributed by atoms with E-state index in [9.17, 15) is 4.79 Å². The van der Waals surface area contributed by atoms with E-state index in [-0.39, 0.29) is 18.0 Å². The second-order valence-corrected chi connectivity index (χ2v) is 10.7. The average molecular weight is 532 g/mol. The molecule has 1 aliphatic heterocycles. The van der Waals surface area contributed by atoms with Crippen molar-refractivity contribution in [2.24, 2.45) is 0 Å². The van der Waals surface area contributed by atoms with Gasteiger partial charge in [-0.3, -0.25) is 9.78 Å². The smallest absolute Gasteiger partial charge is 0.226 e. The number of aryl methyl sites for hydroxylation is 1. The summed E-state index contributed by atoms with van der Waals surface area (Å²) in [5, 5.41) is 7.18. The molecule has 5 rings (SSSR count). The zero-order valence-corrected chi connectivity index (χ0v) is 23.3. The quantitative estimate of drug-likeness (QED) is 0.347. The predicted octanol–water partition coefficient (Wildman–Crippen LogP) is 6.02. The van der Waals surface area contributed by atoms with Crippen LogP contribution in [0.5, 0.6) is 5.75 Å². The van der Waals surface area contributed by atoms with Crippen molar-refractivity contribution < 1.29 is 9.53 Å². The molecule has 0 spiro atoms. The third-order valence-corrected chi connectivity index (χ3v) is 8.29. The lowest BCUT2D eigenvalue weighted by Crippen LogP contribution is -2.33. The monoisotopic (exact) mass is 531 g/mol. The van der Waals surface area contributed by atoms with Crippen LogP contribution >= 0.6 is 12.2 Å². The molecule has 0 bridgehead atoms. The Morgan fingerprint density at radius 1 is 1.13 bits per heavy atom. The van der Waals surface area contributed by atoms with Gasteiger partial charge in [0.05, 0.1) is 30.6 Å². The fourth-order valence-electron chi connectivity index (χ4n) is 6.17. The second-order valence-electron chi connectivity index (χ2n) is 10.3. The van der Waals surface area contributed by atoms with Gasteiger partial charge in [-0.15, -0.1) is 0 Å². The number of hydrogen-bond donors (Lipinski definition) is 2. The number of hydrogen-bond acceptors (Lipinski definition) is 4. The van der Waals surface area contributed by atoms with Crippen LogP contribution < -0.4 is 15.4 Å². The van der Waals surface area contributed by atoms with E-state index in [1.165, 1.54) is 49.1 Å². The number of benzene rings is 1. The van der Waals surface area contributed by atoms with E-state index in [0.29, 0.717) is 35.6 Å². The van der Waals surface area contributed by atoms with Crippen LogP contribution in [0.2, 0.25) is 0 Å². The third-order valence-electron chi connectivity index (χ3n) is 7.94. The lowest BCUT2D eigenvalue weighted by molar-refractivity contribution is -0.116. The Hall–Kier alpha value is -3.39. The van der Waals surface area contributed by atoms with Gasteiger partial charge < -0.3 is 24.8 Å². The molecule has 1 saturated carbocycles. The van der Waals surface area contributed by atoms with Crippen LogP contribution in [0.4, 0.5) is 5.69 Å². The first-order valence-corrected chi connectivity index (χ1v) is 14.0. The highest BCUT2D eigenvalue weighted by Crippen LogP contribution is 2.42. The first-order chi connectivity index (χ1) is 18.5. The molecule has 2 aromatic heterocycles. The number of anilines is 1. The molecular weight excluding hydrogens is 494 g/mol. The van der Waals surface area contributed by atoms with Crippen molar-refractivity contribution in [2.45, 2.75) is 70.5 Å². The third kappa shape index (κ3) is 5.27. The molecule has 1 amide bonds. The number of nitrogens with one attached hydrogen (secondary N) is 2. The molecule has 3 heterocycles. The number of thiocarbonyl (C=S) groups is 1. The number of ether oxygens (including phenoxy) is 1. The van der Waals surface area contributed by atoms with E-state index in [1.54, 1.807) is 7.11 Å². The van der Waals surface area contributed by atoms with Crippen molar-refractivity contribution in [2.75, 3.05) is 19.0 Å². The molecule has 8 heteroatoms. The van der Waals surface area contributed by atoms with Gasteiger partial charge in [0.15, 0.2) is 5.11 Å². The van der Waals surface area contributed by atoms with Gasteiger partial charge in [-0.25, -0.2) is 0 Å². The van der Waals surface area contributed by atoms with Crippen LogP contribution in [0.25, 0.3) is 0 Å². The van der Waals surface area contributed by atoms with Crippen LogP contribution in [-0.2, 0) is 4.79 Å². The van der Waals surface area contributed by atoms with Gasteiger partial charge >= 0.3 is 0 Å². The number of rotatable bonds is 8. The van der Waals surface area contributed by atoms with E-state index in [0.717, 1.165) is 5.69 Å². The topological polar surface area (TPSA) is 71.4 Å². The molecule has 2 fully saturated rings. The van der Waals surface area contributed by atoms with E-state index in [4.69, 9.17) is 17.0 Å². The van der Waals surface area contributed by atoms with Gasteiger partial charge in [-0.1, -0.05) is 37.5 Å². The Morgan fingerprint density at radius 3 is 2.63 bits per heavy atom. The normalized spacial score (nSPS) is 19.9. The van der Waals surface area contributed by atoms with Gasteiger partial charge in [0.2, 0.25) is 5.91 Å². The number of carbonyl (C=O) groups excluding carboxylic acids is 1. The lowest BCUT2D eigenvalue weighted by atomic mass is 9.94.